The molecular weight excluding hydrogens is 338 g/mol. The van der Waals surface area contributed by atoms with Crippen molar-refractivity contribution >= 4 is 27.8 Å². The van der Waals surface area contributed by atoms with Crippen molar-refractivity contribution in [2.45, 2.75) is 26.9 Å². The van der Waals surface area contributed by atoms with Crippen molar-refractivity contribution in [3.8, 4) is 5.75 Å². The summed E-state index contributed by atoms with van der Waals surface area (Å²) in [6.07, 6.45) is 0.00649. The van der Waals surface area contributed by atoms with Gasteiger partial charge in [-0.1, -0.05) is 22.9 Å². The van der Waals surface area contributed by atoms with Crippen LogP contribution in [-0.2, 0) is 4.79 Å². The minimum Gasteiger partial charge on any atom is -0.491 e. The average molecular weight is 358 g/mol. The van der Waals surface area contributed by atoms with Crippen LogP contribution in [0.4, 0.5) is 0 Å². The summed E-state index contributed by atoms with van der Waals surface area (Å²) in [5, 5.41) is 8.91. The van der Waals surface area contributed by atoms with Crippen LogP contribution in [0.5, 0.6) is 5.75 Å². The molecule has 1 atom stereocenters. The molecule has 5 nitrogen and oxygen atoms in total. The molecule has 0 radical (unpaired) electrons. The van der Waals surface area contributed by atoms with Crippen molar-refractivity contribution in [1.82, 2.24) is 4.90 Å². The summed E-state index contributed by atoms with van der Waals surface area (Å²) < 4.78 is 6.33. The molecule has 1 aromatic carbocycles. The minimum absolute atomic E-state index is 0.00649. The Kier molecular flexibility index (Phi) is 6.20. The maximum absolute atomic E-state index is 12.3. The SMILES string of the molecule is CC(C)Oc1cc(Br)cc(C(=O)N(C)CC(C)C(=O)O)c1. The Hall–Kier alpha value is -1.56. The summed E-state index contributed by atoms with van der Waals surface area (Å²) in [6.45, 7) is 5.54. The molecule has 6 heteroatoms. The van der Waals surface area contributed by atoms with Gasteiger partial charge in [0, 0.05) is 23.6 Å². The zero-order valence-electron chi connectivity index (χ0n) is 12.6. The van der Waals surface area contributed by atoms with E-state index in [-0.39, 0.29) is 18.6 Å². The van der Waals surface area contributed by atoms with Crippen LogP contribution in [0.1, 0.15) is 31.1 Å². The highest BCUT2D eigenvalue weighted by atomic mass is 79.9. The average Bonchev–Trinajstić information content (AvgIpc) is 2.35. The lowest BCUT2D eigenvalue weighted by Crippen LogP contribution is -2.33. The van der Waals surface area contributed by atoms with Gasteiger partial charge in [0.2, 0.25) is 0 Å². The van der Waals surface area contributed by atoms with Gasteiger partial charge in [-0.05, 0) is 32.0 Å². The number of carbonyl (C=O) groups excluding carboxylic acids is 1. The fourth-order valence-electron chi connectivity index (χ4n) is 1.82. The summed E-state index contributed by atoms with van der Waals surface area (Å²) in [7, 11) is 1.59. The van der Waals surface area contributed by atoms with Gasteiger partial charge >= 0.3 is 5.97 Å². The topological polar surface area (TPSA) is 66.8 Å². The molecule has 0 fully saturated rings. The van der Waals surface area contributed by atoms with Crippen LogP contribution in [0, 0.1) is 5.92 Å². The van der Waals surface area contributed by atoms with Crippen molar-refractivity contribution in [3.63, 3.8) is 0 Å². The molecule has 0 heterocycles. The molecule has 21 heavy (non-hydrogen) atoms. The number of carbonyl (C=O) groups is 2. The lowest BCUT2D eigenvalue weighted by atomic mass is 10.1. The van der Waals surface area contributed by atoms with E-state index >= 15 is 0 Å². The van der Waals surface area contributed by atoms with E-state index in [4.69, 9.17) is 9.84 Å². The molecule has 0 aliphatic carbocycles. The first-order chi connectivity index (χ1) is 9.70. The molecule has 1 rings (SSSR count). The van der Waals surface area contributed by atoms with Crippen LogP contribution < -0.4 is 4.74 Å². The first-order valence-corrected chi connectivity index (χ1v) is 7.45. The van der Waals surface area contributed by atoms with E-state index in [0.29, 0.717) is 11.3 Å². The minimum atomic E-state index is -0.923. The Balaban J connectivity index is 2.91. The Morgan fingerprint density at radius 2 is 1.90 bits per heavy atom. The molecule has 0 saturated heterocycles. The van der Waals surface area contributed by atoms with E-state index in [1.165, 1.54) is 4.90 Å². The van der Waals surface area contributed by atoms with Gasteiger partial charge in [0.15, 0.2) is 0 Å². The lowest BCUT2D eigenvalue weighted by Gasteiger charge is -2.20. The third-order valence-electron chi connectivity index (χ3n) is 2.81. The van der Waals surface area contributed by atoms with Gasteiger partial charge in [0.1, 0.15) is 5.75 Å². The van der Waals surface area contributed by atoms with Crippen molar-refractivity contribution in [2.24, 2.45) is 5.92 Å². The molecule has 0 bridgehead atoms. The van der Waals surface area contributed by atoms with Crippen molar-refractivity contribution in [3.05, 3.63) is 28.2 Å². The molecule has 0 aliphatic rings. The summed E-state index contributed by atoms with van der Waals surface area (Å²) in [5.74, 6) is -1.18. The van der Waals surface area contributed by atoms with Crippen LogP contribution in [0.2, 0.25) is 0 Å². The molecule has 1 aromatic rings. The van der Waals surface area contributed by atoms with E-state index < -0.39 is 11.9 Å². The van der Waals surface area contributed by atoms with Crippen molar-refractivity contribution < 1.29 is 19.4 Å². The monoisotopic (exact) mass is 357 g/mol. The Morgan fingerprint density at radius 3 is 2.43 bits per heavy atom. The van der Waals surface area contributed by atoms with E-state index in [9.17, 15) is 9.59 Å². The molecule has 1 amide bonds. The molecule has 0 aromatic heterocycles. The van der Waals surface area contributed by atoms with Crippen LogP contribution in [0.25, 0.3) is 0 Å². The number of hydrogen-bond acceptors (Lipinski definition) is 3. The number of carboxylic acid groups (broad SMARTS) is 1. The highest BCUT2D eigenvalue weighted by Crippen LogP contribution is 2.23. The molecule has 1 N–H and O–H groups in total. The van der Waals surface area contributed by atoms with Gasteiger partial charge in [0.05, 0.1) is 12.0 Å². The smallest absolute Gasteiger partial charge is 0.308 e. The summed E-state index contributed by atoms with van der Waals surface area (Å²) >= 11 is 3.35. The predicted molar refractivity (Wildman–Crippen MR) is 83.7 cm³/mol. The second-order valence-corrected chi connectivity index (χ2v) is 6.18. The second-order valence-electron chi connectivity index (χ2n) is 5.27. The normalized spacial score (nSPS) is 12.1. The number of hydrogen-bond donors (Lipinski definition) is 1. The molecule has 0 saturated carbocycles. The van der Waals surface area contributed by atoms with Crippen LogP contribution in [0.15, 0.2) is 22.7 Å². The fourth-order valence-corrected chi connectivity index (χ4v) is 2.29. The zero-order chi connectivity index (χ0) is 16.2. The summed E-state index contributed by atoms with van der Waals surface area (Å²) in [6, 6.07) is 5.14. The third-order valence-corrected chi connectivity index (χ3v) is 3.26. The molecule has 116 valence electrons. The number of nitrogens with zero attached hydrogens (tertiary/aromatic N) is 1. The van der Waals surface area contributed by atoms with E-state index in [0.717, 1.165) is 4.47 Å². The van der Waals surface area contributed by atoms with Crippen LogP contribution in [-0.4, -0.2) is 41.6 Å². The first kappa shape index (κ1) is 17.5. The number of halogens is 1. The van der Waals surface area contributed by atoms with Crippen LogP contribution in [0.3, 0.4) is 0 Å². The maximum Gasteiger partial charge on any atom is 0.308 e. The largest absolute Gasteiger partial charge is 0.491 e. The standard InChI is InChI=1S/C15H20BrNO4/c1-9(2)21-13-6-11(5-12(16)7-13)14(18)17(4)8-10(3)15(19)20/h5-7,9-10H,8H2,1-4H3,(H,19,20). The predicted octanol–water partition coefficient (Wildman–Crippen LogP) is 3.03. The van der Waals surface area contributed by atoms with E-state index in [1.807, 2.05) is 13.8 Å². The molecular formula is C15H20BrNO4. The molecule has 0 spiro atoms. The number of rotatable bonds is 6. The number of ether oxygens (including phenoxy) is 1. The quantitative estimate of drug-likeness (QED) is 0.849. The van der Waals surface area contributed by atoms with Gasteiger partial charge in [-0.25, -0.2) is 0 Å². The van der Waals surface area contributed by atoms with Crippen molar-refractivity contribution in [1.29, 1.82) is 0 Å². The fraction of sp³-hybridized carbons (Fsp3) is 0.467. The highest BCUT2D eigenvalue weighted by Gasteiger charge is 2.19. The summed E-state index contributed by atoms with van der Waals surface area (Å²) in [5.41, 5.74) is 0.458. The van der Waals surface area contributed by atoms with E-state index in [2.05, 4.69) is 15.9 Å². The van der Waals surface area contributed by atoms with Crippen LogP contribution >= 0.6 is 15.9 Å². The highest BCUT2D eigenvalue weighted by molar-refractivity contribution is 9.10. The molecule has 1 unspecified atom stereocenters. The zero-order valence-corrected chi connectivity index (χ0v) is 14.2. The Labute approximate surface area is 133 Å². The maximum atomic E-state index is 12.3. The van der Waals surface area contributed by atoms with Gasteiger partial charge in [-0.3, -0.25) is 9.59 Å². The number of amides is 1. The summed E-state index contributed by atoms with van der Waals surface area (Å²) in [4.78, 5) is 24.6. The van der Waals surface area contributed by atoms with Gasteiger partial charge in [-0.15, -0.1) is 0 Å². The number of carboxylic acids is 1. The van der Waals surface area contributed by atoms with Gasteiger partial charge < -0.3 is 14.7 Å². The molecule has 0 aliphatic heterocycles. The van der Waals surface area contributed by atoms with Gasteiger partial charge in [0.25, 0.3) is 5.91 Å². The lowest BCUT2D eigenvalue weighted by molar-refractivity contribution is -0.141. The van der Waals surface area contributed by atoms with E-state index in [1.54, 1.807) is 32.2 Å². The number of aliphatic carboxylic acids is 1. The Morgan fingerprint density at radius 1 is 1.29 bits per heavy atom. The third kappa shape index (κ3) is 5.38. The van der Waals surface area contributed by atoms with Crippen molar-refractivity contribution in [2.75, 3.05) is 13.6 Å². The van der Waals surface area contributed by atoms with Gasteiger partial charge in [-0.2, -0.15) is 0 Å². The first-order valence-electron chi connectivity index (χ1n) is 6.66. The second kappa shape index (κ2) is 7.45. The Bertz CT molecular complexity index is 530. The number of benzene rings is 1.